The van der Waals surface area contributed by atoms with Gasteiger partial charge in [0.1, 0.15) is 11.9 Å². The van der Waals surface area contributed by atoms with Crippen molar-refractivity contribution in [2.75, 3.05) is 11.4 Å². The summed E-state index contributed by atoms with van der Waals surface area (Å²) in [5, 5.41) is 0.867. The molecule has 0 saturated heterocycles. The summed E-state index contributed by atoms with van der Waals surface area (Å²) in [4.78, 5) is 21.5. The Morgan fingerprint density at radius 2 is 1.60 bits per heavy atom. The Bertz CT molecular complexity index is 1150. The lowest BCUT2D eigenvalue weighted by Crippen LogP contribution is -2.41. The minimum atomic E-state index is -0.318. The third-order valence-electron chi connectivity index (χ3n) is 5.67. The summed E-state index contributed by atoms with van der Waals surface area (Å²) in [5.41, 5.74) is 4.32. The maximum absolute atomic E-state index is 13.1. The first kappa shape index (κ1) is 19.2. The van der Waals surface area contributed by atoms with Crippen LogP contribution in [0.1, 0.15) is 22.7 Å². The van der Waals surface area contributed by atoms with Crippen LogP contribution in [0.25, 0.3) is 0 Å². The summed E-state index contributed by atoms with van der Waals surface area (Å²) in [6, 6.07) is 23.1. The normalized spacial score (nSPS) is 18.4. The van der Waals surface area contributed by atoms with E-state index in [9.17, 15) is 4.79 Å². The Morgan fingerprint density at radius 1 is 0.867 bits per heavy atom. The summed E-state index contributed by atoms with van der Waals surface area (Å²) in [6.07, 6.45) is 0.928. The van der Waals surface area contributed by atoms with E-state index in [1.807, 2.05) is 36.4 Å². The van der Waals surface area contributed by atoms with Crippen LogP contribution in [0.15, 0.2) is 77.8 Å². The van der Waals surface area contributed by atoms with Crippen molar-refractivity contribution in [3.8, 4) is 0 Å². The van der Waals surface area contributed by atoms with Gasteiger partial charge in [0.05, 0.1) is 10.0 Å². The predicted octanol–water partition coefficient (Wildman–Crippen LogP) is 6.13. The molecule has 2 heterocycles. The average Bonchev–Trinajstić information content (AvgIpc) is 3.13. The molecule has 6 heteroatoms. The Hall–Kier alpha value is -2.82. The van der Waals surface area contributed by atoms with Crippen molar-refractivity contribution in [3.63, 3.8) is 0 Å². The lowest BCUT2D eigenvalue weighted by Gasteiger charge is -2.35. The van der Waals surface area contributed by atoms with E-state index in [1.54, 1.807) is 17.0 Å². The van der Waals surface area contributed by atoms with E-state index in [1.165, 1.54) is 11.1 Å². The number of urea groups is 1. The SMILES string of the molecule is O=C1N=C(N2CCc3ccccc3C2)C(c2ccccc2)N1c1ccc(Cl)c(Cl)c1. The highest BCUT2D eigenvalue weighted by atomic mass is 35.5. The van der Waals surface area contributed by atoms with E-state index >= 15 is 0 Å². The topological polar surface area (TPSA) is 35.9 Å². The number of benzene rings is 3. The number of rotatable bonds is 2. The molecule has 4 nitrogen and oxygen atoms in total. The van der Waals surface area contributed by atoms with Crippen LogP contribution in [0, 0.1) is 0 Å². The number of halogens is 2. The predicted molar refractivity (Wildman–Crippen MR) is 122 cm³/mol. The highest BCUT2D eigenvalue weighted by Crippen LogP contribution is 2.38. The summed E-state index contributed by atoms with van der Waals surface area (Å²) in [6.45, 7) is 1.56. The number of hydrogen-bond acceptors (Lipinski definition) is 2. The third kappa shape index (κ3) is 3.36. The second kappa shape index (κ2) is 7.78. The zero-order chi connectivity index (χ0) is 20.7. The molecular weight excluding hydrogens is 417 g/mol. The minimum Gasteiger partial charge on any atom is -0.353 e. The van der Waals surface area contributed by atoms with Gasteiger partial charge < -0.3 is 4.90 Å². The van der Waals surface area contributed by atoms with Crippen molar-refractivity contribution in [3.05, 3.63) is 99.5 Å². The van der Waals surface area contributed by atoms with Gasteiger partial charge in [-0.1, -0.05) is 77.8 Å². The van der Waals surface area contributed by atoms with Gasteiger partial charge in [-0.3, -0.25) is 4.90 Å². The zero-order valence-electron chi connectivity index (χ0n) is 16.1. The first-order valence-electron chi connectivity index (χ1n) is 9.85. The lowest BCUT2D eigenvalue weighted by atomic mass is 9.97. The van der Waals surface area contributed by atoms with Crippen LogP contribution >= 0.6 is 23.2 Å². The maximum atomic E-state index is 13.1. The molecule has 150 valence electrons. The average molecular weight is 436 g/mol. The van der Waals surface area contributed by atoms with Crippen molar-refractivity contribution in [2.45, 2.75) is 19.0 Å². The molecule has 30 heavy (non-hydrogen) atoms. The fraction of sp³-hybridized carbons (Fsp3) is 0.167. The monoisotopic (exact) mass is 435 g/mol. The molecule has 2 amide bonds. The highest BCUT2D eigenvalue weighted by molar-refractivity contribution is 6.42. The van der Waals surface area contributed by atoms with Gasteiger partial charge in [-0.25, -0.2) is 4.79 Å². The molecule has 0 fully saturated rings. The second-order valence-corrected chi connectivity index (χ2v) is 8.29. The number of anilines is 1. The molecule has 0 N–H and O–H groups in total. The summed E-state index contributed by atoms with van der Waals surface area (Å²) in [7, 11) is 0. The molecular formula is C24H19Cl2N3O. The number of carbonyl (C=O) groups is 1. The smallest absolute Gasteiger partial charge is 0.350 e. The number of amidine groups is 1. The highest BCUT2D eigenvalue weighted by Gasteiger charge is 2.40. The first-order chi connectivity index (χ1) is 14.6. The van der Waals surface area contributed by atoms with Crippen molar-refractivity contribution >= 4 is 40.8 Å². The van der Waals surface area contributed by atoms with Crippen LogP contribution in [0.4, 0.5) is 10.5 Å². The van der Waals surface area contributed by atoms with Crippen molar-refractivity contribution in [1.29, 1.82) is 0 Å². The molecule has 0 saturated carbocycles. The van der Waals surface area contributed by atoms with Crippen molar-refractivity contribution in [2.24, 2.45) is 4.99 Å². The molecule has 0 bridgehead atoms. The Balaban J connectivity index is 1.56. The Morgan fingerprint density at radius 3 is 2.37 bits per heavy atom. The van der Waals surface area contributed by atoms with E-state index in [4.69, 9.17) is 23.2 Å². The van der Waals surface area contributed by atoms with E-state index in [0.29, 0.717) is 15.7 Å². The largest absolute Gasteiger partial charge is 0.353 e. The molecule has 2 aliphatic heterocycles. The second-order valence-electron chi connectivity index (χ2n) is 7.47. The van der Waals surface area contributed by atoms with Crippen LogP contribution in [0.2, 0.25) is 10.0 Å². The number of hydrogen-bond donors (Lipinski definition) is 0. The van der Waals surface area contributed by atoms with Crippen LogP contribution in [0.3, 0.4) is 0 Å². The lowest BCUT2D eigenvalue weighted by molar-refractivity contribution is 0.255. The fourth-order valence-corrected chi connectivity index (χ4v) is 4.49. The molecule has 5 rings (SSSR count). The van der Waals surface area contributed by atoms with Crippen molar-refractivity contribution in [1.82, 2.24) is 4.90 Å². The van der Waals surface area contributed by atoms with Gasteiger partial charge in [-0.15, -0.1) is 0 Å². The summed E-state index contributed by atoms with van der Waals surface area (Å²) < 4.78 is 0. The molecule has 3 aromatic carbocycles. The number of aliphatic imine (C=N–C) groups is 1. The van der Waals surface area contributed by atoms with Gasteiger partial charge >= 0.3 is 6.03 Å². The minimum absolute atomic E-state index is 0.295. The van der Waals surface area contributed by atoms with Gasteiger partial charge in [-0.05, 0) is 41.3 Å². The molecule has 0 radical (unpaired) electrons. The van der Waals surface area contributed by atoms with E-state index in [-0.39, 0.29) is 12.1 Å². The van der Waals surface area contributed by atoms with Crippen LogP contribution in [-0.2, 0) is 13.0 Å². The van der Waals surface area contributed by atoms with Crippen LogP contribution < -0.4 is 4.90 Å². The number of amides is 2. The molecule has 0 aromatic heterocycles. The molecule has 0 spiro atoms. The van der Waals surface area contributed by atoms with E-state index in [0.717, 1.165) is 30.9 Å². The summed E-state index contributed by atoms with van der Waals surface area (Å²) in [5.74, 6) is 0.770. The van der Waals surface area contributed by atoms with Gasteiger partial charge in [-0.2, -0.15) is 4.99 Å². The van der Waals surface area contributed by atoms with Crippen molar-refractivity contribution < 1.29 is 4.79 Å². The van der Waals surface area contributed by atoms with Gasteiger partial charge in [0.25, 0.3) is 0 Å². The molecule has 0 aliphatic carbocycles. The van der Waals surface area contributed by atoms with E-state index < -0.39 is 0 Å². The standard InChI is InChI=1S/C24H19Cl2N3O/c25-20-11-10-19(14-21(20)26)29-22(17-7-2-1-3-8-17)23(27-24(29)30)28-13-12-16-6-4-5-9-18(16)15-28/h1-11,14,22H,12-13,15H2. The number of carbonyl (C=O) groups excluding carboxylic acids is 1. The number of fused-ring (bicyclic) bond motifs is 1. The van der Waals surface area contributed by atoms with Gasteiger partial charge in [0.15, 0.2) is 0 Å². The molecule has 1 atom stereocenters. The van der Waals surface area contributed by atoms with Crippen LogP contribution in [-0.4, -0.2) is 23.3 Å². The molecule has 2 aliphatic rings. The van der Waals surface area contributed by atoms with Crippen LogP contribution in [0.5, 0.6) is 0 Å². The molecule has 1 unspecified atom stereocenters. The fourth-order valence-electron chi connectivity index (χ4n) is 4.20. The van der Waals surface area contributed by atoms with Gasteiger partial charge in [0, 0.05) is 18.8 Å². The van der Waals surface area contributed by atoms with Gasteiger partial charge in [0.2, 0.25) is 0 Å². The number of nitrogens with zero attached hydrogens (tertiary/aromatic N) is 3. The Kier molecular flexibility index (Phi) is 4.97. The third-order valence-corrected chi connectivity index (χ3v) is 6.41. The molecule has 3 aromatic rings. The summed E-state index contributed by atoms with van der Waals surface area (Å²) >= 11 is 12.4. The Labute approximate surface area is 185 Å². The maximum Gasteiger partial charge on any atom is 0.350 e. The first-order valence-corrected chi connectivity index (χ1v) is 10.6. The zero-order valence-corrected chi connectivity index (χ0v) is 17.6. The quantitative estimate of drug-likeness (QED) is 0.485. The van der Waals surface area contributed by atoms with E-state index in [2.05, 4.69) is 34.2 Å².